The van der Waals surface area contributed by atoms with Crippen molar-refractivity contribution in [2.24, 2.45) is 0 Å². The molecular formula is C28H22F3N3O4. The van der Waals surface area contributed by atoms with Gasteiger partial charge in [0.1, 0.15) is 23.9 Å². The number of carbonyl (C=O) groups excluding carboxylic acids is 1. The predicted octanol–water partition coefficient (Wildman–Crippen LogP) is 6.84. The van der Waals surface area contributed by atoms with Crippen LogP contribution in [0.2, 0.25) is 0 Å². The highest BCUT2D eigenvalue weighted by atomic mass is 19.4. The van der Waals surface area contributed by atoms with E-state index >= 15 is 0 Å². The molecule has 10 heteroatoms. The molecule has 2 N–H and O–H groups in total. The Labute approximate surface area is 215 Å². The van der Waals surface area contributed by atoms with E-state index in [9.17, 15) is 18.0 Å². The van der Waals surface area contributed by atoms with Crippen molar-refractivity contribution in [2.45, 2.75) is 19.9 Å². The lowest BCUT2D eigenvalue weighted by molar-refractivity contribution is -0.274. The van der Waals surface area contributed by atoms with Gasteiger partial charge in [0.2, 0.25) is 0 Å². The van der Waals surface area contributed by atoms with Crippen molar-refractivity contribution < 1.29 is 32.2 Å². The zero-order valence-electron chi connectivity index (χ0n) is 20.1. The van der Waals surface area contributed by atoms with Crippen molar-refractivity contribution in [3.63, 3.8) is 0 Å². The summed E-state index contributed by atoms with van der Waals surface area (Å²) >= 11 is 0. The smallest absolute Gasteiger partial charge is 0.493 e. The van der Waals surface area contributed by atoms with Crippen molar-refractivity contribution in [3.05, 3.63) is 90.0 Å². The van der Waals surface area contributed by atoms with E-state index in [1.54, 1.807) is 30.3 Å². The van der Waals surface area contributed by atoms with Gasteiger partial charge in [0.05, 0.1) is 17.7 Å². The zero-order chi connectivity index (χ0) is 26.7. The minimum atomic E-state index is -4.78. The van der Waals surface area contributed by atoms with Crippen LogP contribution in [-0.2, 0) is 6.61 Å². The topological polar surface area (TPSA) is 85.5 Å². The Kier molecular flexibility index (Phi) is 6.78. The van der Waals surface area contributed by atoms with Gasteiger partial charge < -0.3 is 19.5 Å². The second kappa shape index (κ2) is 10.3. The predicted molar refractivity (Wildman–Crippen MR) is 137 cm³/mol. The molecule has 194 valence electrons. The zero-order valence-corrected chi connectivity index (χ0v) is 20.1. The lowest BCUT2D eigenvalue weighted by Crippen LogP contribution is -2.17. The molecule has 0 radical (unpaired) electrons. The Morgan fingerprint density at radius 1 is 0.921 bits per heavy atom. The number of aromatic nitrogens is 2. The van der Waals surface area contributed by atoms with Gasteiger partial charge >= 0.3 is 6.36 Å². The van der Waals surface area contributed by atoms with Crippen LogP contribution in [-0.4, -0.2) is 29.1 Å². The van der Waals surface area contributed by atoms with E-state index in [2.05, 4.69) is 20.3 Å². The maximum atomic E-state index is 13.4. The molecule has 7 nitrogen and oxygen atoms in total. The summed E-state index contributed by atoms with van der Waals surface area (Å²) in [7, 11) is 0. The fraction of sp³-hybridized carbons (Fsp3) is 0.143. The number of anilines is 1. The fourth-order valence-corrected chi connectivity index (χ4v) is 4.11. The van der Waals surface area contributed by atoms with Crippen LogP contribution in [0.4, 0.5) is 19.0 Å². The van der Waals surface area contributed by atoms with E-state index in [-0.39, 0.29) is 18.3 Å². The lowest BCUT2D eigenvalue weighted by atomic mass is 10.0. The molecule has 1 heterocycles. The third-order valence-corrected chi connectivity index (χ3v) is 5.72. The number of aromatic amines is 1. The van der Waals surface area contributed by atoms with Crippen molar-refractivity contribution >= 4 is 33.4 Å². The third kappa shape index (κ3) is 5.49. The number of H-pyrrole nitrogens is 1. The Hall–Kier alpha value is -4.73. The molecule has 0 unspecified atom stereocenters. The standard InChI is InChI=1S/C28H22F3N3O4/c1-2-36-24-13-10-18-7-3-4-9-21(18)25(24)27(35)32-26-22-15-19(11-12-23(22)33-34-26)37-16-17-6-5-8-20(14-17)38-28(29,30)31/h3-15H,2,16H2,1H3,(H2,32,33,34,35). The molecule has 0 fully saturated rings. The average molecular weight is 521 g/mol. The van der Waals surface area contributed by atoms with Gasteiger partial charge in [-0.1, -0.05) is 42.5 Å². The molecule has 1 amide bonds. The Morgan fingerprint density at radius 3 is 2.58 bits per heavy atom. The number of carbonyl (C=O) groups is 1. The normalized spacial score (nSPS) is 11.5. The maximum absolute atomic E-state index is 13.4. The summed E-state index contributed by atoms with van der Waals surface area (Å²) in [5.41, 5.74) is 1.55. The van der Waals surface area contributed by atoms with Crippen LogP contribution in [0.15, 0.2) is 78.9 Å². The number of ether oxygens (including phenoxy) is 3. The van der Waals surface area contributed by atoms with Crippen molar-refractivity contribution in [1.29, 1.82) is 0 Å². The molecule has 5 aromatic rings. The molecule has 38 heavy (non-hydrogen) atoms. The summed E-state index contributed by atoms with van der Waals surface area (Å²) in [6.45, 7) is 2.25. The minimum absolute atomic E-state index is 0.00777. The second-order valence-corrected chi connectivity index (χ2v) is 8.31. The highest BCUT2D eigenvalue weighted by Crippen LogP contribution is 2.31. The summed E-state index contributed by atoms with van der Waals surface area (Å²) < 4.78 is 53.0. The van der Waals surface area contributed by atoms with Gasteiger partial charge in [0.25, 0.3) is 5.91 Å². The molecule has 0 spiro atoms. The number of halogens is 3. The van der Waals surface area contributed by atoms with Crippen molar-refractivity contribution in [2.75, 3.05) is 11.9 Å². The summed E-state index contributed by atoms with van der Waals surface area (Å²) in [4.78, 5) is 13.4. The Morgan fingerprint density at radius 2 is 1.76 bits per heavy atom. The number of nitrogens with one attached hydrogen (secondary N) is 2. The monoisotopic (exact) mass is 521 g/mol. The number of hydrogen-bond donors (Lipinski definition) is 2. The summed E-state index contributed by atoms with van der Waals surface area (Å²) in [5.74, 6) is 0.493. The van der Waals surface area contributed by atoms with Gasteiger partial charge in [-0.2, -0.15) is 5.10 Å². The van der Waals surface area contributed by atoms with E-state index < -0.39 is 6.36 Å². The highest BCUT2D eigenvalue weighted by molar-refractivity contribution is 6.16. The van der Waals surface area contributed by atoms with E-state index in [1.807, 2.05) is 37.3 Å². The molecule has 0 saturated carbocycles. The van der Waals surface area contributed by atoms with Gasteiger partial charge in [-0.05, 0) is 59.7 Å². The molecule has 0 atom stereocenters. The van der Waals surface area contributed by atoms with E-state index in [1.165, 1.54) is 18.2 Å². The number of rotatable bonds is 8. The Bertz CT molecular complexity index is 1610. The van der Waals surface area contributed by atoms with Crippen LogP contribution in [0, 0.1) is 0 Å². The molecule has 0 saturated heterocycles. The van der Waals surface area contributed by atoms with Gasteiger partial charge in [0, 0.05) is 5.39 Å². The largest absolute Gasteiger partial charge is 0.573 e. The van der Waals surface area contributed by atoms with Crippen LogP contribution in [0.1, 0.15) is 22.8 Å². The SMILES string of the molecule is CCOc1ccc2ccccc2c1C(=O)Nc1n[nH]c2ccc(OCc3cccc(OC(F)(F)F)c3)cc12. The van der Waals surface area contributed by atoms with Crippen LogP contribution in [0.5, 0.6) is 17.2 Å². The van der Waals surface area contributed by atoms with E-state index in [0.29, 0.717) is 46.0 Å². The van der Waals surface area contributed by atoms with Crippen LogP contribution < -0.4 is 19.5 Å². The molecule has 0 aliphatic rings. The van der Waals surface area contributed by atoms with Crippen molar-refractivity contribution in [1.82, 2.24) is 10.2 Å². The van der Waals surface area contributed by atoms with Crippen molar-refractivity contribution in [3.8, 4) is 17.2 Å². The first-order valence-corrected chi connectivity index (χ1v) is 11.7. The molecular weight excluding hydrogens is 499 g/mol. The fourth-order valence-electron chi connectivity index (χ4n) is 4.11. The molecule has 4 aromatic carbocycles. The molecule has 0 bridgehead atoms. The number of amides is 1. The first-order chi connectivity index (χ1) is 18.3. The van der Waals surface area contributed by atoms with Gasteiger partial charge in [0.15, 0.2) is 5.82 Å². The average Bonchev–Trinajstić information content (AvgIpc) is 3.28. The van der Waals surface area contributed by atoms with Gasteiger partial charge in [-0.25, -0.2) is 0 Å². The van der Waals surface area contributed by atoms with E-state index in [4.69, 9.17) is 9.47 Å². The van der Waals surface area contributed by atoms with Gasteiger partial charge in [-0.15, -0.1) is 13.2 Å². The molecule has 5 rings (SSSR count). The van der Waals surface area contributed by atoms with E-state index in [0.717, 1.165) is 10.8 Å². The molecule has 0 aliphatic heterocycles. The lowest BCUT2D eigenvalue weighted by Gasteiger charge is -2.13. The summed E-state index contributed by atoms with van der Waals surface area (Å²) in [6.07, 6.45) is -4.78. The number of nitrogens with zero attached hydrogens (tertiary/aromatic N) is 1. The molecule has 0 aliphatic carbocycles. The number of hydrogen-bond acceptors (Lipinski definition) is 5. The Balaban J connectivity index is 1.37. The van der Waals surface area contributed by atoms with Crippen LogP contribution >= 0.6 is 0 Å². The number of alkyl halides is 3. The highest BCUT2D eigenvalue weighted by Gasteiger charge is 2.31. The molecule has 1 aromatic heterocycles. The first-order valence-electron chi connectivity index (χ1n) is 11.7. The summed E-state index contributed by atoms with van der Waals surface area (Å²) in [6, 6.07) is 21.9. The first kappa shape index (κ1) is 24.9. The number of fused-ring (bicyclic) bond motifs is 2. The third-order valence-electron chi connectivity index (χ3n) is 5.72. The van der Waals surface area contributed by atoms with Crippen LogP contribution in [0.3, 0.4) is 0 Å². The summed E-state index contributed by atoms with van der Waals surface area (Å²) in [5, 5.41) is 12.2. The second-order valence-electron chi connectivity index (χ2n) is 8.31. The van der Waals surface area contributed by atoms with Gasteiger partial charge in [-0.3, -0.25) is 9.89 Å². The van der Waals surface area contributed by atoms with Crippen LogP contribution in [0.25, 0.3) is 21.7 Å². The maximum Gasteiger partial charge on any atom is 0.573 e. The number of benzene rings is 4. The quantitative estimate of drug-likeness (QED) is 0.233. The minimum Gasteiger partial charge on any atom is -0.493 e.